The second-order valence-corrected chi connectivity index (χ2v) is 25.5. The third kappa shape index (κ3) is 13.1. The molecular formula is C52H76Br2N2O2S4. The Hall–Kier alpha value is -1.04. The van der Waals surface area contributed by atoms with E-state index >= 15 is 9.59 Å². The highest BCUT2D eigenvalue weighted by molar-refractivity contribution is 9.11. The smallest absolute Gasteiger partial charge is 0.261 e. The molecule has 0 saturated carbocycles. The zero-order valence-corrected chi connectivity index (χ0v) is 45.1. The molecule has 0 bridgehead atoms. The molecule has 0 aliphatic carbocycles. The predicted octanol–water partition coefficient (Wildman–Crippen LogP) is 19.8. The lowest BCUT2D eigenvalue weighted by Crippen LogP contribution is -2.24. The second-order valence-electron chi connectivity index (χ2n) is 18.6. The Morgan fingerprint density at radius 1 is 0.403 bits per heavy atom. The number of rotatable bonds is 32. The number of unbranched alkanes of at least 4 members (excludes halogenated alkanes) is 20. The van der Waals surface area contributed by atoms with E-state index in [9.17, 15) is 0 Å². The lowest BCUT2D eigenvalue weighted by Gasteiger charge is -2.20. The average Bonchev–Trinajstić information content (AvgIpc) is 4.03. The maximum Gasteiger partial charge on any atom is 0.261 e. The molecule has 0 fully saturated rings. The first-order valence-electron chi connectivity index (χ1n) is 25.1. The van der Waals surface area contributed by atoms with Crippen molar-refractivity contribution in [3.63, 3.8) is 0 Å². The summed E-state index contributed by atoms with van der Waals surface area (Å²) in [6.45, 7) is 10.7. The fourth-order valence-corrected chi connectivity index (χ4v) is 16.3. The molecule has 0 spiro atoms. The minimum absolute atomic E-state index is 0.131. The van der Waals surface area contributed by atoms with Crippen LogP contribution in [0.3, 0.4) is 0 Å². The summed E-state index contributed by atoms with van der Waals surface area (Å²) in [5, 5.41) is 1.67. The Kier molecular flexibility index (Phi) is 21.4. The van der Waals surface area contributed by atoms with Gasteiger partial charge in [-0.25, -0.2) is 0 Å². The third-order valence-electron chi connectivity index (χ3n) is 13.5. The van der Waals surface area contributed by atoms with E-state index in [1.54, 1.807) is 45.3 Å². The van der Waals surface area contributed by atoms with Crippen molar-refractivity contribution in [3.05, 3.63) is 40.4 Å². The summed E-state index contributed by atoms with van der Waals surface area (Å²) >= 11 is 14.6. The number of hydrogen-bond acceptors (Lipinski definition) is 6. The van der Waals surface area contributed by atoms with Crippen LogP contribution in [-0.4, -0.2) is 9.13 Å². The number of thiophene rings is 4. The molecule has 0 amide bonds. The molecule has 2 atom stereocenters. The summed E-state index contributed by atoms with van der Waals surface area (Å²) in [5.74, 6) is 0.966. The molecule has 0 radical (unpaired) electrons. The van der Waals surface area contributed by atoms with Gasteiger partial charge in [-0.2, -0.15) is 0 Å². The monoisotopic (exact) mass is 1050 g/mol. The first-order valence-corrected chi connectivity index (χ1v) is 30.0. The highest BCUT2D eigenvalue weighted by Gasteiger charge is 2.27. The average molecular weight is 1050 g/mol. The quantitative estimate of drug-likeness (QED) is 0.0395. The first kappa shape index (κ1) is 50.4. The molecule has 6 aromatic heterocycles. The van der Waals surface area contributed by atoms with Crippen LogP contribution < -0.4 is 11.1 Å². The minimum atomic E-state index is 0.131. The lowest BCUT2D eigenvalue weighted by atomic mass is 9.94. The summed E-state index contributed by atoms with van der Waals surface area (Å²) in [6.07, 6.45) is 36.0. The number of fused-ring (bicyclic) bond motifs is 9. The molecule has 6 aromatic rings. The van der Waals surface area contributed by atoms with Crippen molar-refractivity contribution in [1.29, 1.82) is 0 Å². The fourth-order valence-electron chi connectivity index (χ4n) is 9.95. The highest BCUT2D eigenvalue weighted by atomic mass is 79.9. The summed E-state index contributed by atoms with van der Waals surface area (Å²) in [6, 6.07) is 4.37. The molecule has 6 rings (SSSR count). The number of halogens is 2. The van der Waals surface area contributed by atoms with Gasteiger partial charge in [0, 0.05) is 13.1 Å². The van der Waals surface area contributed by atoms with Crippen molar-refractivity contribution in [2.75, 3.05) is 0 Å². The van der Waals surface area contributed by atoms with Gasteiger partial charge in [-0.1, -0.05) is 182 Å². The third-order valence-corrected chi connectivity index (χ3v) is 19.7. The summed E-state index contributed by atoms with van der Waals surface area (Å²) in [7, 11) is 0. The Bertz CT molecular complexity index is 2230. The fraction of sp³-hybridized carbons (Fsp3) is 0.692. The van der Waals surface area contributed by atoms with Crippen molar-refractivity contribution in [3.8, 4) is 0 Å². The topological polar surface area (TPSA) is 44.0 Å². The molecule has 10 heteroatoms. The van der Waals surface area contributed by atoms with Gasteiger partial charge < -0.3 is 9.13 Å². The van der Waals surface area contributed by atoms with Crippen molar-refractivity contribution in [2.24, 2.45) is 11.8 Å². The second kappa shape index (κ2) is 26.3. The van der Waals surface area contributed by atoms with Gasteiger partial charge in [-0.3, -0.25) is 9.59 Å². The van der Waals surface area contributed by atoms with E-state index in [4.69, 9.17) is 0 Å². The van der Waals surface area contributed by atoms with Gasteiger partial charge in [0.15, 0.2) is 0 Å². The highest BCUT2D eigenvalue weighted by Crippen LogP contribution is 2.49. The van der Waals surface area contributed by atoms with Gasteiger partial charge in [0.25, 0.3) is 11.1 Å². The van der Waals surface area contributed by atoms with Gasteiger partial charge in [-0.05, 0) is 81.5 Å². The van der Waals surface area contributed by atoms with Crippen LogP contribution in [0.5, 0.6) is 0 Å². The number of aromatic nitrogens is 2. The first-order chi connectivity index (χ1) is 30.3. The maximum atomic E-state index is 15.1. The molecule has 0 aliphatic rings. The zero-order valence-electron chi connectivity index (χ0n) is 38.6. The molecule has 4 nitrogen and oxygen atoms in total. The largest absolute Gasteiger partial charge is 0.306 e. The van der Waals surface area contributed by atoms with Crippen LogP contribution in [0, 0.1) is 11.8 Å². The summed E-state index contributed by atoms with van der Waals surface area (Å²) in [4.78, 5) is 30.2. The predicted molar refractivity (Wildman–Crippen MR) is 288 cm³/mol. The maximum absolute atomic E-state index is 15.1. The van der Waals surface area contributed by atoms with E-state index in [2.05, 4.69) is 80.8 Å². The molecule has 344 valence electrons. The molecule has 0 N–H and O–H groups in total. The van der Waals surface area contributed by atoms with Gasteiger partial charge in [-0.15, -0.1) is 45.3 Å². The SMILES string of the molecule is CCCCCCCCCCC(CCCCCC)Cn1c(=O)c2c3sc4c5sc(Br)cc5n(CC(CCCCCC)CCCCCCCCCC)c(=O)c4c3sc2c2sc(Br)cc21. The van der Waals surface area contributed by atoms with E-state index in [1.807, 2.05) is 0 Å². The van der Waals surface area contributed by atoms with Crippen molar-refractivity contribution >= 4 is 127 Å². The van der Waals surface area contributed by atoms with Gasteiger partial charge in [0.05, 0.1) is 57.6 Å². The number of nitrogens with zero attached hydrogens (tertiary/aromatic N) is 2. The molecule has 62 heavy (non-hydrogen) atoms. The normalized spacial score (nSPS) is 13.3. The van der Waals surface area contributed by atoms with Crippen molar-refractivity contribution in [1.82, 2.24) is 9.13 Å². The van der Waals surface area contributed by atoms with Crippen LogP contribution in [0.2, 0.25) is 0 Å². The van der Waals surface area contributed by atoms with Crippen LogP contribution in [-0.2, 0) is 13.1 Å². The molecule has 6 heterocycles. The molecular weight excluding hydrogens is 973 g/mol. The summed E-state index contributed by atoms with van der Waals surface area (Å²) < 4.78 is 12.9. The van der Waals surface area contributed by atoms with Gasteiger partial charge in [0.2, 0.25) is 0 Å². The van der Waals surface area contributed by atoms with Crippen molar-refractivity contribution < 1.29 is 0 Å². The van der Waals surface area contributed by atoms with E-state index in [-0.39, 0.29) is 11.1 Å². The van der Waals surface area contributed by atoms with Crippen LogP contribution in [0.1, 0.15) is 207 Å². The molecule has 0 saturated heterocycles. The molecule has 0 aromatic carbocycles. The number of hydrogen-bond donors (Lipinski definition) is 0. The Morgan fingerprint density at radius 3 is 1.00 bits per heavy atom. The van der Waals surface area contributed by atoms with Gasteiger partial charge in [0.1, 0.15) is 0 Å². The van der Waals surface area contributed by atoms with Crippen LogP contribution in [0.15, 0.2) is 29.3 Å². The minimum Gasteiger partial charge on any atom is -0.306 e. The number of pyridine rings is 2. The lowest BCUT2D eigenvalue weighted by molar-refractivity contribution is 0.358. The van der Waals surface area contributed by atoms with E-state index in [1.165, 1.54) is 189 Å². The Labute approximate surface area is 405 Å². The van der Waals surface area contributed by atoms with Crippen LogP contribution in [0.4, 0.5) is 0 Å². The van der Waals surface area contributed by atoms with Crippen LogP contribution >= 0.6 is 77.2 Å². The van der Waals surface area contributed by atoms with E-state index < -0.39 is 0 Å². The molecule has 0 aliphatic heterocycles. The van der Waals surface area contributed by atoms with Crippen molar-refractivity contribution in [2.45, 2.75) is 221 Å². The van der Waals surface area contributed by atoms with Gasteiger partial charge >= 0.3 is 0 Å². The van der Waals surface area contributed by atoms with E-state index in [0.717, 1.165) is 61.3 Å². The summed E-state index contributed by atoms with van der Waals surface area (Å²) in [5.41, 5.74) is 2.37. The zero-order chi connectivity index (χ0) is 43.8. The Morgan fingerprint density at radius 2 is 0.677 bits per heavy atom. The standard InChI is InChI=1S/C52H76Br2N2O2S4/c1-5-9-13-17-19-21-23-27-31-37(29-25-15-11-7-3)35-55-39-33-41(53)59-45(39)47-43(51(55)57)49-50(61-47)44-48(62-49)46-40(34-42(54)60-46)56(52(44)58)36-38(30-26-16-12-8-4)32-28-24-22-20-18-14-10-6-2/h33-34,37-38H,5-32,35-36H2,1-4H3. The van der Waals surface area contributed by atoms with Crippen LogP contribution in [0.25, 0.3) is 50.0 Å². The Balaban J connectivity index is 1.34. The van der Waals surface area contributed by atoms with E-state index in [0.29, 0.717) is 11.8 Å². The molecule has 2 unspecified atom stereocenters.